The summed E-state index contributed by atoms with van der Waals surface area (Å²) in [4.78, 5) is 0. The van der Waals surface area contributed by atoms with Crippen LogP contribution in [-0.4, -0.2) is 0 Å². The lowest BCUT2D eigenvalue weighted by Gasteiger charge is -1.88. The highest BCUT2D eigenvalue weighted by atomic mass is 13.9. The topological polar surface area (TPSA) is 0 Å². The van der Waals surface area contributed by atoms with Gasteiger partial charge in [0.05, 0.1) is 0 Å². The van der Waals surface area contributed by atoms with Gasteiger partial charge in [0.2, 0.25) is 0 Å². The van der Waals surface area contributed by atoms with E-state index in [1.807, 2.05) is 67.6 Å². The highest BCUT2D eigenvalue weighted by Crippen LogP contribution is 1.98. The first-order valence-electron chi connectivity index (χ1n) is 6.44. The van der Waals surface area contributed by atoms with Crippen LogP contribution in [0.25, 0.3) is 0 Å². The van der Waals surface area contributed by atoms with Crippen LogP contribution in [-0.2, 0) is 0 Å². The summed E-state index contributed by atoms with van der Waals surface area (Å²) >= 11 is 0. The third-order valence-electron chi connectivity index (χ3n) is 2.48. The first-order chi connectivity index (χ1) is 9.22. The van der Waals surface area contributed by atoms with E-state index in [1.165, 1.54) is 5.57 Å². The van der Waals surface area contributed by atoms with Crippen LogP contribution in [0.3, 0.4) is 0 Å². The van der Waals surface area contributed by atoms with Crippen molar-refractivity contribution in [2.24, 2.45) is 0 Å². The third-order valence-corrected chi connectivity index (χ3v) is 2.48. The Morgan fingerprint density at radius 1 is 0.737 bits per heavy atom. The van der Waals surface area contributed by atoms with E-state index in [2.05, 4.69) is 31.8 Å². The quantitative estimate of drug-likeness (QED) is 0.451. The molecule has 2 rings (SSSR count). The summed E-state index contributed by atoms with van der Waals surface area (Å²) in [5.41, 5.74) is 3.48. The molecule has 2 aromatic rings. The first-order valence-corrected chi connectivity index (χ1v) is 6.44. The van der Waals surface area contributed by atoms with E-state index in [1.54, 1.807) is 0 Å². The van der Waals surface area contributed by atoms with Gasteiger partial charge in [-0.05, 0) is 45.0 Å². The monoisotopic (exact) mass is 248 g/mol. The van der Waals surface area contributed by atoms with Crippen LogP contribution in [0.5, 0.6) is 0 Å². The van der Waals surface area contributed by atoms with E-state index >= 15 is 0 Å². The minimum atomic E-state index is 1.05. The highest BCUT2D eigenvalue weighted by Gasteiger charge is 1.83. The number of allylic oxidation sites excluding steroid dienone is 2. The molecule has 0 aliphatic heterocycles. The Kier molecular flexibility index (Phi) is 6.84. The predicted molar refractivity (Wildman–Crippen MR) is 84.0 cm³/mol. The molecule has 0 aromatic heterocycles. The van der Waals surface area contributed by atoms with Gasteiger partial charge >= 0.3 is 0 Å². The Morgan fingerprint density at radius 3 is 1.32 bits per heavy atom. The number of hydrogen-bond acceptors (Lipinski definition) is 0. The van der Waals surface area contributed by atoms with Crippen LogP contribution in [0, 0.1) is 11.8 Å². The Balaban J connectivity index is 0.000000312. The second-order valence-electron chi connectivity index (χ2n) is 4.35. The molecule has 0 bridgehead atoms. The van der Waals surface area contributed by atoms with Crippen LogP contribution in [0.1, 0.15) is 31.9 Å². The fourth-order valence-corrected chi connectivity index (χ4v) is 1.19. The minimum absolute atomic E-state index is 1.05. The third kappa shape index (κ3) is 6.91. The highest BCUT2D eigenvalue weighted by molar-refractivity contribution is 5.42. The Bertz CT molecular complexity index is 504. The summed E-state index contributed by atoms with van der Waals surface area (Å²) < 4.78 is 0. The van der Waals surface area contributed by atoms with E-state index in [0.29, 0.717) is 0 Å². The number of benzene rings is 2. The van der Waals surface area contributed by atoms with Crippen molar-refractivity contribution in [1.29, 1.82) is 0 Å². The second-order valence-corrected chi connectivity index (χ2v) is 4.35. The van der Waals surface area contributed by atoms with E-state index < -0.39 is 0 Å². The van der Waals surface area contributed by atoms with Crippen LogP contribution in [0.15, 0.2) is 72.3 Å². The van der Waals surface area contributed by atoms with Gasteiger partial charge in [-0.15, -0.1) is 0 Å². The molecular formula is C19H20. The molecule has 96 valence electrons. The van der Waals surface area contributed by atoms with Gasteiger partial charge in [0.1, 0.15) is 0 Å². The number of rotatable bonds is 0. The molecule has 0 saturated heterocycles. The number of hydrogen-bond donors (Lipinski definition) is 0. The normalized spacial score (nSPS) is 8.37. The van der Waals surface area contributed by atoms with Gasteiger partial charge in [-0.2, -0.15) is 0 Å². The Labute approximate surface area is 116 Å². The average Bonchev–Trinajstić information content (AvgIpc) is 2.48. The van der Waals surface area contributed by atoms with Gasteiger partial charge in [0, 0.05) is 11.1 Å². The molecule has 0 aliphatic rings. The van der Waals surface area contributed by atoms with Crippen LogP contribution < -0.4 is 0 Å². The zero-order valence-corrected chi connectivity index (χ0v) is 11.9. The molecule has 0 nitrogen and oxygen atoms in total. The van der Waals surface area contributed by atoms with Crippen molar-refractivity contribution in [3.63, 3.8) is 0 Å². The summed E-state index contributed by atoms with van der Waals surface area (Å²) in [5.74, 6) is 6.22. The zero-order chi connectivity index (χ0) is 13.9. The van der Waals surface area contributed by atoms with E-state index in [-0.39, 0.29) is 0 Å². The van der Waals surface area contributed by atoms with E-state index in [4.69, 9.17) is 0 Å². The van der Waals surface area contributed by atoms with Crippen LogP contribution in [0.2, 0.25) is 0 Å². The largest absolute Gasteiger partial charge is 0.0890 e. The molecule has 2 aromatic carbocycles. The minimum Gasteiger partial charge on any atom is -0.0890 e. The summed E-state index contributed by atoms with van der Waals surface area (Å²) in [6, 6.07) is 20.0. The standard InChI is InChI=1S/C14H10.C5H10/c1-3-7-13(8-4-1)11-12-14-9-5-2-6-10-14;1-4-5(2)3/h1-10H;4H,1-3H3. The van der Waals surface area contributed by atoms with E-state index in [0.717, 1.165) is 11.1 Å². The molecule has 0 aliphatic carbocycles. The lowest BCUT2D eigenvalue weighted by Crippen LogP contribution is -1.73. The van der Waals surface area contributed by atoms with Gasteiger partial charge < -0.3 is 0 Å². The molecule has 0 heterocycles. The van der Waals surface area contributed by atoms with Gasteiger partial charge in [-0.3, -0.25) is 0 Å². The molecule has 0 N–H and O–H groups in total. The molecule has 0 atom stereocenters. The molecule has 0 amide bonds. The Morgan fingerprint density at radius 2 is 1.05 bits per heavy atom. The summed E-state index contributed by atoms with van der Waals surface area (Å²) in [5, 5.41) is 0. The van der Waals surface area contributed by atoms with Crippen LogP contribution >= 0.6 is 0 Å². The smallest absolute Gasteiger partial charge is 0.0249 e. The van der Waals surface area contributed by atoms with Crippen molar-refractivity contribution in [2.75, 3.05) is 0 Å². The van der Waals surface area contributed by atoms with E-state index in [9.17, 15) is 0 Å². The molecular weight excluding hydrogens is 228 g/mol. The fraction of sp³-hybridized carbons (Fsp3) is 0.158. The maximum Gasteiger partial charge on any atom is 0.0249 e. The molecule has 0 heteroatoms. The maximum absolute atomic E-state index is 3.11. The molecule has 0 unspecified atom stereocenters. The van der Waals surface area contributed by atoms with Crippen molar-refractivity contribution in [3.05, 3.63) is 83.4 Å². The summed E-state index contributed by atoms with van der Waals surface area (Å²) in [7, 11) is 0. The van der Waals surface area contributed by atoms with Crippen molar-refractivity contribution in [1.82, 2.24) is 0 Å². The molecule has 0 spiro atoms. The van der Waals surface area contributed by atoms with Crippen molar-refractivity contribution < 1.29 is 0 Å². The molecule has 0 fully saturated rings. The SMILES string of the molecule is C(#Cc1ccccc1)c1ccccc1.CC=C(C)C. The van der Waals surface area contributed by atoms with Gasteiger partial charge in [-0.1, -0.05) is 59.9 Å². The van der Waals surface area contributed by atoms with Gasteiger partial charge in [0.15, 0.2) is 0 Å². The maximum atomic E-state index is 3.11. The van der Waals surface area contributed by atoms with Crippen molar-refractivity contribution in [2.45, 2.75) is 20.8 Å². The second kappa shape index (κ2) is 8.78. The Hall–Kier alpha value is -2.26. The molecule has 19 heavy (non-hydrogen) atoms. The first kappa shape index (κ1) is 14.8. The molecule has 0 saturated carbocycles. The zero-order valence-electron chi connectivity index (χ0n) is 11.9. The fourth-order valence-electron chi connectivity index (χ4n) is 1.19. The van der Waals surface area contributed by atoms with Crippen molar-refractivity contribution in [3.8, 4) is 11.8 Å². The van der Waals surface area contributed by atoms with Gasteiger partial charge in [-0.25, -0.2) is 0 Å². The lowest BCUT2D eigenvalue weighted by molar-refractivity contribution is 1.36. The average molecular weight is 248 g/mol. The lowest BCUT2D eigenvalue weighted by atomic mass is 10.2. The summed E-state index contributed by atoms with van der Waals surface area (Å²) in [6.07, 6.45) is 2.08. The van der Waals surface area contributed by atoms with Gasteiger partial charge in [0.25, 0.3) is 0 Å². The predicted octanol–water partition coefficient (Wildman–Crippen LogP) is 5.06. The van der Waals surface area contributed by atoms with Crippen molar-refractivity contribution >= 4 is 0 Å². The molecule has 0 radical (unpaired) electrons. The van der Waals surface area contributed by atoms with Crippen LogP contribution in [0.4, 0.5) is 0 Å². The summed E-state index contributed by atoms with van der Waals surface area (Å²) in [6.45, 7) is 6.20.